The van der Waals surface area contributed by atoms with Gasteiger partial charge in [0.05, 0.1) is 18.2 Å². The zero-order chi connectivity index (χ0) is 13.2. The molecule has 2 unspecified atom stereocenters. The van der Waals surface area contributed by atoms with Crippen LogP contribution in [0.1, 0.15) is 55.6 Å². The van der Waals surface area contributed by atoms with Crippen LogP contribution in [0.15, 0.2) is 23.1 Å². The SMILES string of the molecule is Cc1cnc(C(C)n2cncc2C2CCCCN2)o1. The topological polar surface area (TPSA) is 55.9 Å². The van der Waals surface area contributed by atoms with E-state index in [0.717, 1.165) is 18.2 Å². The van der Waals surface area contributed by atoms with Crippen LogP contribution >= 0.6 is 0 Å². The van der Waals surface area contributed by atoms with Gasteiger partial charge in [0.15, 0.2) is 0 Å². The molecule has 19 heavy (non-hydrogen) atoms. The van der Waals surface area contributed by atoms with Crippen LogP contribution in [-0.4, -0.2) is 21.1 Å². The van der Waals surface area contributed by atoms with Crippen LogP contribution in [0.2, 0.25) is 0 Å². The Morgan fingerprint density at radius 1 is 1.42 bits per heavy atom. The van der Waals surface area contributed by atoms with Gasteiger partial charge in [-0.15, -0.1) is 0 Å². The fourth-order valence-corrected chi connectivity index (χ4v) is 2.70. The summed E-state index contributed by atoms with van der Waals surface area (Å²) >= 11 is 0. The lowest BCUT2D eigenvalue weighted by molar-refractivity contribution is 0.369. The van der Waals surface area contributed by atoms with Gasteiger partial charge in [-0.1, -0.05) is 6.42 Å². The molecular weight excluding hydrogens is 240 g/mol. The van der Waals surface area contributed by atoms with Gasteiger partial charge in [0, 0.05) is 12.2 Å². The van der Waals surface area contributed by atoms with Crippen molar-refractivity contribution in [3.8, 4) is 0 Å². The van der Waals surface area contributed by atoms with E-state index in [0.29, 0.717) is 6.04 Å². The summed E-state index contributed by atoms with van der Waals surface area (Å²) in [7, 11) is 0. The molecule has 0 aliphatic carbocycles. The zero-order valence-corrected chi connectivity index (χ0v) is 11.5. The van der Waals surface area contributed by atoms with E-state index in [1.807, 2.05) is 19.4 Å². The molecule has 5 heteroatoms. The molecule has 1 aliphatic rings. The van der Waals surface area contributed by atoms with Gasteiger partial charge in [0.25, 0.3) is 0 Å². The number of nitrogens with zero attached hydrogens (tertiary/aromatic N) is 3. The van der Waals surface area contributed by atoms with E-state index in [1.54, 1.807) is 6.20 Å². The molecule has 3 rings (SSSR count). The van der Waals surface area contributed by atoms with Crippen LogP contribution in [-0.2, 0) is 0 Å². The first-order valence-electron chi connectivity index (χ1n) is 6.93. The molecule has 1 fully saturated rings. The first-order chi connectivity index (χ1) is 9.25. The highest BCUT2D eigenvalue weighted by atomic mass is 16.4. The van der Waals surface area contributed by atoms with Gasteiger partial charge in [0.1, 0.15) is 11.8 Å². The highest BCUT2D eigenvalue weighted by molar-refractivity contribution is 5.10. The fourth-order valence-electron chi connectivity index (χ4n) is 2.70. The summed E-state index contributed by atoms with van der Waals surface area (Å²) in [6.45, 7) is 5.10. The molecule has 2 atom stereocenters. The number of oxazole rings is 1. The van der Waals surface area contributed by atoms with Crippen LogP contribution in [0.3, 0.4) is 0 Å². The third-order valence-corrected chi connectivity index (χ3v) is 3.78. The second-order valence-electron chi connectivity index (χ2n) is 5.21. The maximum atomic E-state index is 5.63. The molecule has 1 saturated heterocycles. The van der Waals surface area contributed by atoms with Crippen LogP contribution in [0.5, 0.6) is 0 Å². The zero-order valence-electron chi connectivity index (χ0n) is 11.5. The molecule has 0 radical (unpaired) electrons. The van der Waals surface area contributed by atoms with Gasteiger partial charge in [-0.3, -0.25) is 0 Å². The maximum absolute atomic E-state index is 5.63. The standard InChI is InChI=1S/C14H20N4O/c1-10-7-17-14(19-10)11(2)18-9-15-8-13(18)12-5-3-4-6-16-12/h7-9,11-12,16H,3-6H2,1-2H3. The number of aromatic nitrogens is 3. The van der Waals surface area contributed by atoms with Crippen LogP contribution in [0.25, 0.3) is 0 Å². The van der Waals surface area contributed by atoms with Crippen molar-refractivity contribution >= 4 is 0 Å². The first-order valence-corrected chi connectivity index (χ1v) is 6.93. The summed E-state index contributed by atoms with van der Waals surface area (Å²) in [5, 5.41) is 3.56. The Hall–Kier alpha value is -1.62. The maximum Gasteiger partial charge on any atom is 0.217 e. The molecule has 0 aromatic carbocycles. The molecule has 5 nitrogen and oxygen atoms in total. The molecule has 0 saturated carbocycles. The van der Waals surface area contributed by atoms with Crippen molar-refractivity contribution < 1.29 is 4.42 Å². The fraction of sp³-hybridized carbons (Fsp3) is 0.571. The van der Waals surface area contributed by atoms with Crippen LogP contribution in [0.4, 0.5) is 0 Å². The highest BCUT2D eigenvalue weighted by Crippen LogP contribution is 2.27. The summed E-state index contributed by atoms with van der Waals surface area (Å²) < 4.78 is 7.79. The molecule has 0 spiro atoms. The summed E-state index contributed by atoms with van der Waals surface area (Å²) in [6, 6.07) is 0.477. The lowest BCUT2D eigenvalue weighted by atomic mass is 10.0. The van der Waals surface area contributed by atoms with Gasteiger partial charge < -0.3 is 14.3 Å². The Kier molecular flexibility index (Phi) is 3.38. The number of nitrogens with one attached hydrogen (secondary N) is 1. The van der Waals surface area contributed by atoms with Crippen molar-refractivity contribution in [2.24, 2.45) is 0 Å². The van der Waals surface area contributed by atoms with Crippen molar-refractivity contribution in [1.29, 1.82) is 0 Å². The molecule has 2 aromatic heterocycles. The predicted octanol–water partition coefficient (Wildman–Crippen LogP) is 2.60. The Morgan fingerprint density at radius 2 is 2.32 bits per heavy atom. The molecule has 2 aromatic rings. The van der Waals surface area contributed by atoms with Crippen molar-refractivity contribution in [2.75, 3.05) is 6.54 Å². The largest absolute Gasteiger partial charge is 0.444 e. The average Bonchev–Trinajstić information content (AvgIpc) is 3.07. The summed E-state index contributed by atoms with van der Waals surface area (Å²) in [5.74, 6) is 1.59. The average molecular weight is 260 g/mol. The van der Waals surface area contributed by atoms with Crippen LogP contribution < -0.4 is 5.32 Å². The van der Waals surface area contributed by atoms with E-state index in [2.05, 4.69) is 26.8 Å². The molecule has 102 valence electrons. The quantitative estimate of drug-likeness (QED) is 0.921. The monoisotopic (exact) mass is 260 g/mol. The van der Waals surface area contributed by atoms with Crippen molar-refractivity contribution in [2.45, 2.75) is 45.2 Å². The van der Waals surface area contributed by atoms with E-state index >= 15 is 0 Å². The third kappa shape index (κ3) is 2.42. The summed E-state index contributed by atoms with van der Waals surface area (Å²) in [6.07, 6.45) is 9.30. The lowest BCUT2D eigenvalue weighted by Gasteiger charge is -2.25. The van der Waals surface area contributed by atoms with E-state index in [9.17, 15) is 0 Å². The number of imidazole rings is 1. The van der Waals surface area contributed by atoms with Gasteiger partial charge in [-0.05, 0) is 33.2 Å². The highest BCUT2D eigenvalue weighted by Gasteiger charge is 2.22. The number of rotatable bonds is 3. The normalized spacial score (nSPS) is 21.5. The summed E-state index contributed by atoms with van der Waals surface area (Å²) in [4.78, 5) is 8.63. The lowest BCUT2D eigenvalue weighted by Crippen LogP contribution is -2.29. The second-order valence-corrected chi connectivity index (χ2v) is 5.21. The number of aryl methyl sites for hydroxylation is 1. The minimum Gasteiger partial charge on any atom is -0.444 e. The Morgan fingerprint density at radius 3 is 3.00 bits per heavy atom. The minimum absolute atomic E-state index is 0.0786. The molecular formula is C14H20N4O. The summed E-state index contributed by atoms with van der Waals surface area (Å²) in [5.41, 5.74) is 1.23. The second kappa shape index (κ2) is 5.17. The molecule has 3 heterocycles. The predicted molar refractivity (Wildman–Crippen MR) is 71.9 cm³/mol. The van der Waals surface area contributed by atoms with Gasteiger partial charge in [0.2, 0.25) is 5.89 Å². The van der Waals surface area contributed by atoms with Gasteiger partial charge in [-0.2, -0.15) is 0 Å². The Labute approximate surface area is 113 Å². The number of hydrogen-bond donors (Lipinski definition) is 1. The molecule has 1 N–H and O–H groups in total. The Balaban J connectivity index is 1.86. The number of piperidine rings is 1. The van der Waals surface area contributed by atoms with Crippen molar-refractivity contribution in [3.63, 3.8) is 0 Å². The number of hydrogen-bond acceptors (Lipinski definition) is 4. The van der Waals surface area contributed by atoms with Crippen molar-refractivity contribution in [3.05, 3.63) is 36.1 Å². The smallest absolute Gasteiger partial charge is 0.217 e. The van der Waals surface area contributed by atoms with Gasteiger partial charge >= 0.3 is 0 Å². The van der Waals surface area contributed by atoms with E-state index in [4.69, 9.17) is 4.42 Å². The molecule has 1 aliphatic heterocycles. The van der Waals surface area contributed by atoms with Crippen LogP contribution in [0, 0.1) is 6.92 Å². The van der Waals surface area contributed by atoms with Gasteiger partial charge in [-0.25, -0.2) is 9.97 Å². The Bertz CT molecular complexity index is 539. The molecule has 0 bridgehead atoms. The van der Waals surface area contributed by atoms with Crippen molar-refractivity contribution in [1.82, 2.24) is 19.9 Å². The minimum atomic E-state index is 0.0786. The molecule has 0 amide bonds. The first kappa shape index (κ1) is 12.4. The van der Waals surface area contributed by atoms with E-state index in [-0.39, 0.29) is 6.04 Å². The third-order valence-electron chi connectivity index (χ3n) is 3.78. The van der Waals surface area contributed by atoms with E-state index < -0.39 is 0 Å². The van der Waals surface area contributed by atoms with E-state index in [1.165, 1.54) is 25.0 Å².